The van der Waals surface area contributed by atoms with Crippen LogP contribution in [-0.4, -0.2) is 34.2 Å². The van der Waals surface area contributed by atoms with Gasteiger partial charge in [-0.1, -0.05) is 0 Å². The lowest BCUT2D eigenvalue weighted by Gasteiger charge is -2.10. The number of H-pyrrole nitrogens is 1. The SMILES string of the molecule is COC(=O)c1c(C)[nH]c(C(=O)[C@H](C)Sc2ccc(O)cc2)c1C. The third-order valence-electron chi connectivity index (χ3n) is 3.59. The number of aromatic amines is 1. The van der Waals surface area contributed by atoms with Crippen LogP contribution in [0, 0.1) is 13.8 Å². The average molecular weight is 333 g/mol. The van der Waals surface area contributed by atoms with Crippen molar-refractivity contribution in [1.82, 2.24) is 4.98 Å². The topological polar surface area (TPSA) is 79.4 Å². The molecule has 23 heavy (non-hydrogen) atoms. The van der Waals surface area contributed by atoms with Crippen LogP contribution in [0.2, 0.25) is 0 Å². The fraction of sp³-hybridized carbons (Fsp3) is 0.294. The van der Waals surface area contributed by atoms with Crippen LogP contribution in [0.4, 0.5) is 0 Å². The third kappa shape index (κ3) is 3.59. The van der Waals surface area contributed by atoms with Crippen LogP contribution in [0.25, 0.3) is 0 Å². The van der Waals surface area contributed by atoms with E-state index in [1.54, 1.807) is 38.1 Å². The van der Waals surface area contributed by atoms with Crippen LogP contribution in [0.1, 0.15) is 39.0 Å². The van der Waals surface area contributed by atoms with Gasteiger partial charge in [0.25, 0.3) is 0 Å². The second-order valence-electron chi connectivity index (χ2n) is 5.23. The summed E-state index contributed by atoms with van der Waals surface area (Å²) in [5.74, 6) is -0.347. The fourth-order valence-electron chi connectivity index (χ4n) is 2.39. The minimum atomic E-state index is -0.450. The molecule has 0 aliphatic carbocycles. The zero-order valence-electron chi connectivity index (χ0n) is 13.5. The average Bonchev–Trinajstić information content (AvgIpc) is 2.82. The molecule has 0 radical (unpaired) electrons. The maximum atomic E-state index is 12.7. The molecule has 1 heterocycles. The predicted octanol–water partition coefficient (Wildman–Crippen LogP) is 3.49. The van der Waals surface area contributed by atoms with Gasteiger partial charge in [0.15, 0.2) is 5.78 Å². The summed E-state index contributed by atoms with van der Waals surface area (Å²) in [7, 11) is 1.32. The maximum Gasteiger partial charge on any atom is 0.339 e. The van der Waals surface area contributed by atoms with Crippen LogP contribution in [0.5, 0.6) is 5.75 Å². The molecule has 0 bridgehead atoms. The summed E-state index contributed by atoms with van der Waals surface area (Å²) in [5.41, 5.74) is 2.08. The number of aryl methyl sites for hydroxylation is 1. The lowest BCUT2D eigenvalue weighted by Crippen LogP contribution is -2.15. The first kappa shape index (κ1) is 17.1. The molecule has 122 valence electrons. The van der Waals surface area contributed by atoms with Gasteiger partial charge in [-0.05, 0) is 50.6 Å². The van der Waals surface area contributed by atoms with Crippen molar-refractivity contribution in [3.05, 3.63) is 46.8 Å². The van der Waals surface area contributed by atoms with Crippen molar-refractivity contribution in [2.45, 2.75) is 30.9 Å². The molecule has 0 aliphatic rings. The molecule has 5 nitrogen and oxygen atoms in total. The number of carbonyl (C=O) groups excluding carboxylic acids is 2. The maximum absolute atomic E-state index is 12.7. The second-order valence-corrected chi connectivity index (χ2v) is 6.65. The Morgan fingerprint density at radius 2 is 1.83 bits per heavy atom. The number of aromatic nitrogens is 1. The molecule has 1 atom stereocenters. The molecular weight excluding hydrogens is 314 g/mol. The minimum absolute atomic E-state index is 0.0844. The van der Waals surface area contributed by atoms with Gasteiger partial charge in [-0.15, -0.1) is 11.8 Å². The predicted molar refractivity (Wildman–Crippen MR) is 89.4 cm³/mol. The molecule has 0 unspecified atom stereocenters. The monoisotopic (exact) mass is 333 g/mol. The standard InChI is InChI=1S/C17H19NO4S/c1-9-14(17(21)22-4)10(2)18-15(9)16(20)11(3)23-13-7-5-12(19)6-8-13/h5-8,11,18-19H,1-4H3/t11-/m0/s1. The number of nitrogens with one attached hydrogen (secondary N) is 1. The van der Waals surface area contributed by atoms with Gasteiger partial charge in [-0.3, -0.25) is 4.79 Å². The van der Waals surface area contributed by atoms with Crippen molar-refractivity contribution in [2.24, 2.45) is 0 Å². The summed E-state index contributed by atoms with van der Waals surface area (Å²) in [4.78, 5) is 28.3. The highest BCUT2D eigenvalue weighted by Crippen LogP contribution is 2.29. The number of hydrogen-bond donors (Lipinski definition) is 2. The normalized spacial score (nSPS) is 12.0. The molecule has 0 amide bonds. The number of ether oxygens (including phenoxy) is 1. The Morgan fingerprint density at radius 3 is 2.39 bits per heavy atom. The van der Waals surface area contributed by atoms with Gasteiger partial charge in [0.2, 0.25) is 0 Å². The number of hydrogen-bond acceptors (Lipinski definition) is 5. The van der Waals surface area contributed by atoms with Gasteiger partial charge in [0, 0.05) is 10.6 Å². The molecule has 2 rings (SSSR count). The number of carbonyl (C=O) groups is 2. The van der Waals surface area contributed by atoms with Crippen molar-refractivity contribution in [2.75, 3.05) is 7.11 Å². The molecule has 0 aliphatic heterocycles. The fourth-order valence-corrected chi connectivity index (χ4v) is 3.32. The van der Waals surface area contributed by atoms with Crippen molar-refractivity contribution >= 4 is 23.5 Å². The molecule has 0 saturated heterocycles. The number of aromatic hydroxyl groups is 1. The van der Waals surface area contributed by atoms with Crippen LogP contribution < -0.4 is 0 Å². The van der Waals surface area contributed by atoms with Crippen LogP contribution in [-0.2, 0) is 4.74 Å². The van der Waals surface area contributed by atoms with E-state index < -0.39 is 5.97 Å². The number of benzene rings is 1. The van der Waals surface area contributed by atoms with Crippen molar-refractivity contribution in [1.29, 1.82) is 0 Å². The Kier molecular flexibility index (Phi) is 5.15. The summed E-state index contributed by atoms with van der Waals surface area (Å²) in [6.07, 6.45) is 0. The molecular formula is C17H19NO4S. The molecule has 1 aromatic carbocycles. The highest BCUT2D eigenvalue weighted by Gasteiger charge is 2.25. The Bertz CT molecular complexity index is 734. The number of phenolic OH excluding ortho intramolecular Hbond substituents is 1. The quantitative estimate of drug-likeness (QED) is 0.497. The Hall–Kier alpha value is -2.21. The van der Waals surface area contributed by atoms with Gasteiger partial charge in [-0.25, -0.2) is 4.79 Å². The van der Waals surface area contributed by atoms with E-state index in [2.05, 4.69) is 4.98 Å². The van der Waals surface area contributed by atoms with E-state index in [-0.39, 0.29) is 16.8 Å². The van der Waals surface area contributed by atoms with Crippen LogP contribution in [0.15, 0.2) is 29.2 Å². The number of Topliss-reactive ketones (excluding diaryl/α,β-unsaturated/α-hetero) is 1. The molecule has 0 spiro atoms. The van der Waals surface area contributed by atoms with E-state index in [9.17, 15) is 14.7 Å². The van der Waals surface area contributed by atoms with Crippen molar-refractivity contribution in [3.8, 4) is 5.75 Å². The zero-order chi connectivity index (χ0) is 17.1. The molecule has 2 aromatic rings. The van der Waals surface area contributed by atoms with Gasteiger partial charge in [-0.2, -0.15) is 0 Å². The van der Waals surface area contributed by atoms with Crippen LogP contribution in [0.3, 0.4) is 0 Å². The van der Waals surface area contributed by atoms with Gasteiger partial charge in [0.1, 0.15) is 5.75 Å². The largest absolute Gasteiger partial charge is 0.508 e. The Morgan fingerprint density at radius 1 is 1.22 bits per heavy atom. The lowest BCUT2D eigenvalue weighted by molar-refractivity contribution is 0.0599. The van der Waals surface area contributed by atoms with E-state index in [0.29, 0.717) is 22.5 Å². The Balaban J connectivity index is 2.23. The van der Waals surface area contributed by atoms with Crippen molar-refractivity contribution < 1.29 is 19.4 Å². The lowest BCUT2D eigenvalue weighted by atomic mass is 10.1. The highest BCUT2D eigenvalue weighted by atomic mass is 32.2. The number of methoxy groups -OCH3 is 1. The third-order valence-corrected chi connectivity index (χ3v) is 4.70. The number of phenols is 1. The summed E-state index contributed by atoms with van der Waals surface area (Å²) < 4.78 is 4.76. The first-order valence-corrected chi connectivity index (χ1v) is 8.00. The molecule has 0 fully saturated rings. The number of ketones is 1. The number of thioether (sulfide) groups is 1. The van der Waals surface area contributed by atoms with Crippen LogP contribution >= 0.6 is 11.8 Å². The smallest absolute Gasteiger partial charge is 0.339 e. The zero-order valence-corrected chi connectivity index (χ0v) is 14.3. The van der Waals surface area contributed by atoms with Gasteiger partial charge >= 0.3 is 5.97 Å². The summed E-state index contributed by atoms with van der Waals surface area (Å²) in [6, 6.07) is 6.69. The van der Waals surface area contributed by atoms with Gasteiger partial charge < -0.3 is 14.8 Å². The summed E-state index contributed by atoms with van der Waals surface area (Å²) >= 11 is 1.40. The number of rotatable bonds is 5. The molecule has 1 aromatic heterocycles. The Labute approximate surface area is 139 Å². The molecule has 2 N–H and O–H groups in total. The van der Waals surface area contributed by atoms with E-state index >= 15 is 0 Å². The first-order valence-electron chi connectivity index (χ1n) is 7.12. The minimum Gasteiger partial charge on any atom is -0.508 e. The van der Waals surface area contributed by atoms with E-state index in [4.69, 9.17) is 4.74 Å². The molecule has 0 saturated carbocycles. The van der Waals surface area contributed by atoms with E-state index in [1.807, 2.05) is 6.92 Å². The van der Waals surface area contributed by atoms with Gasteiger partial charge in [0.05, 0.1) is 23.6 Å². The summed E-state index contributed by atoms with van der Waals surface area (Å²) in [5, 5.41) is 8.97. The first-order chi connectivity index (χ1) is 10.8. The second kappa shape index (κ2) is 6.91. The van der Waals surface area contributed by atoms with Crippen molar-refractivity contribution in [3.63, 3.8) is 0 Å². The molecule has 6 heteroatoms. The van der Waals surface area contributed by atoms with E-state index in [0.717, 1.165) is 4.90 Å². The number of esters is 1. The van der Waals surface area contributed by atoms with E-state index in [1.165, 1.54) is 18.9 Å². The highest BCUT2D eigenvalue weighted by molar-refractivity contribution is 8.00. The summed E-state index contributed by atoms with van der Waals surface area (Å²) in [6.45, 7) is 5.29.